The van der Waals surface area contributed by atoms with Crippen LogP contribution in [0.5, 0.6) is 0 Å². The molecule has 0 saturated carbocycles. The van der Waals surface area contributed by atoms with E-state index in [2.05, 4.69) is 15.5 Å². The van der Waals surface area contributed by atoms with Crippen molar-refractivity contribution in [1.29, 1.82) is 0 Å². The zero-order chi connectivity index (χ0) is 14.7. The molecule has 6 heteroatoms. The van der Waals surface area contributed by atoms with Gasteiger partial charge in [0.2, 0.25) is 6.10 Å². The average molecular weight is 282 g/mol. The molecule has 0 radical (unpaired) electrons. The monoisotopic (exact) mass is 282 g/mol. The Bertz CT molecular complexity index is 668. The van der Waals surface area contributed by atoms with E-state index in [1.807, 2.05) is 42.5 Å². The van der Waals surface area contributed by atoms with Gasteiger partial charge in [0, 0.05) is 18.3 Å². The van der Waals surface area contributed by atoms with Crippen molar-refractivity contribution < 1.29 is 9.63 Å². The highest BCUT2D eigenvalue weighted by Gasteiger charge is 2.26. The maximum absolute atomic E-state index is 11.0. The van der Waals surface area contributed by atoms with Gasteiger partial charge in [-0.05, 0) is 29.8 Å². The Labute approximate surface area is 121 Å². The molecule has 3 N–H and O–H groups in total. The van der Waals surface area contributed by atoms with Crippen molar-refractivity contribution in [2.45, 2.75) is 12.5 Å². The van der Waals surface area contributed by atoms with Gasteiger partial charge >= 0.3 is 0 Å². The summed E-state index contributed by atoms with van der Waals surface area (Å²) in [5, 5.41) is 7.10. The third-order valence-corrected chi connectivity index (χ3v) is 3.14. The van der Waals surface area contributed by atoms with Gasteiger partial charge in [-0.15, -0.1) is 0 Å². The van der Waals surface area contributed by atoms with Gasteiger partial charge < -0.3 is 15.9 Å². The first-order chi connectivity index (χ1) is 10.2. The second-order valence-corrected chi connectivity index (χ2v) is 4.66. The molecule has 0 aliphatic carbocycles. The number of aromatic nitrogens is 1. The second-order valence-electron chi connectivity index (χ2n) is 4.66. The second kappa shape index (κ2) is 5.62. The van der Waals surface area contributed by atoms with Crippen LogP contribution in [0, 0.1) is 0 Å². The summed E-state index contributed by atoms with van der Waals surface area (Å²) in [6.07, 6.45) is 1.47. The number of hydrogen-bond acceptors (Lipinski definition) is 5. The maximum atomic E-state index is 11.0. The third-order valence-electron chi connectivity index (χ3n) is 3.14. The number of rotatable bonds is 4. The molecule has 1 aromatic carbocycles. The summed E-state index contributed by atoms with van der Waals surface area (Å²) in [7, 11) is 0. The Morgan fingerprint density at radius 3 is 2.67 bits per heavy atom. The number of oxime groups is 1. The van der Waals surface area contributed by atoms with Crippen molar-refractivity contribution in [2.75, 3.05) is 5.32 Å². The van der Waals surface area contributed by atoms with Crippen LogP contribution in [0.15, 0.2) is 53.8 Å². The molecule has 21 heavy (non-hydrogen) atoms. The summed E-state index contributed by atoms with van der Waals surface area (Å²) >= 11 is 0. The standard InChI is InChI=1S/C15H14N4O2/c16-15(20)13-9-12(19-21-13)10-4-6-11(7-5-10)18-14-3-1-2-8-17-14/h1-8,13H,9H2,(H2,16,20)(H,17,18). The molecule has 1 aromatic heterocycles. The van der Waals surface area contributed by atoms with E-state index in [1.54, 1.807) is 6.20 Å². The number of carbonyl (C=O) groups excluding carboxylic acids is 1. The Hall–Kier alpha value is -2.89. The number of benzene rings is 1. The molecule has 2 aromatic rings. The van der Waals surface area contributed by atoms with Crippen molar-refractivity contribution in [2.24, 2.45) is 10.9 Å². The molecule has 0 fully saturated rings. The van der Waals surface area contributed by atoms with E-state index >= 15 is 0 Å². The molecule has 106 valence electrons. The predicted octanol–water partition coefficient (Wildman–Crippen LogP) is 1.80. The van der Waals surface area contributed by atoms with Crippen LogP contribution in [-0.2, 0) is 9.63 Å². The van der Waals surface area contributed by atoms with Crippen molar-refractivity contribution in [3.63, 3.8) is 0 Å². The Balaban J connectivity index is 1.69. The SMILES string of the molecule is NC(=O)C1CC(c2ccc(Nc3ccccn3)cc2)=NO1. The van der Waals surface area contributed by atoms with E-state index in [-0.39, 0.29) is 0 Å². The van der Waals surface area contributed by atoms with Gasteiger partial charge in [0.1, 0.15) is 5.82 Å². The molecule has 0 spiro atoms. The van der Waals surface area contributed by atoms with E-state index in [1.165, 1.54) is 0 Å². The maximum Gasteiger partial charge on any atom is 0.261 e. The van der Waals surface area contributed by atoms with Gasteiger partial charge in [0.25, 0.3) is 5.91 Å². The first-order valence-electron chi connectivity index (χ1n) is 6.53. The van der Waals surface area contributed by atoms with Crippen LogP contribution >= 0.6 is 0 Å². The molecule has 2 heterocycles. The quantitative estimate of drug-likeness (QED) is 0.894. The van der Waals surface area contributed by atoms with Crippen LogP contribution in [0.25, 0.3) is 0 Å². The van der Waals surface area contributed by atoms with Crippen molar-refractivity contribution >= 4 is 23.1 Å². The van der Waals surface area contributed by atoms with Crippen LogP contribution in [-0.4, -0.2) is 22.7 Å². The van der Waals surface area contributed by atoms with E-state index in [9.17, 15) is 4.79 Å². The van der Waals surface area contributed by atoms with Gasteiger partial charge in [0.15, 0.2) is 0 Å². The molecule has 0 bridgehead atoms. The van der Waals surface area contributed by atoms with Crippen LogP contribution < -0.4 is 11.1 Å². The molecule has 1 aliphatic heterocycles. The summed E-state index contributed by atoms with van der Waals surface area (Å²) in [5.41, 5.74) is 7.75. The van der Waals surface area contributed by atoms with Gasteiger partial charge in [-0.1, -0.05) is 23.4 Å². The van der Waals surface area contributed by atoms with Crippen LogP contribution in [0.2, 0.25) is 0 Å². The summed E-state index contributed by atoms with van der Waals surface area (Å²) in [6.45, 7) is 0. The summed E-state index contributed by atoms with van der Waals surface area (Å²) in [6, 6.07) is 13.3. The minimum absolute atomic E-state index is 0.405. The van der Waals surface area contributed by atoms with Gasteiger partial charge in [-0.3, -0.25) is 4.79 Å². The molecule has 3 rings (SSSR count). The Morgan fingerprint density at radius 2 is 2.05 bits per heavy atom. The molecule has 0 saturated heterocycles. The zero-order valence-corrected chi connectivity index (χ0v) is 11.2. The molecule has 1 unspecified atom stereocenters. The fourth-order valence-electron chi connectivity index (χ4n) is 2.03. The van der Waals surface area contributed by atoms with E-state index in [4.69, 9.17) is 10.6 Å². The average Bonchev–Trinajstić information content (AvgIpc) is 2.99. The number of anilines is 2. The number of hydrogen-bond donors (Lipinski definition) is 2. The van der Waals surface area contributed by atoms with E-state index in [0.717, 1.165) is 22.8 Å². The summed E-state index contributed by atoms with van der Waals surface area (Å²) < 4.78 is 0. The summed E-state index contributed by atoms with van der Waals surface area (Å²) in [4.78, 5) is 20.2. The van der Waals surface area contributed by atoms with Crippen molar-refractivity contribution in [3.05, 3.63) is 54.2 Å². The first-order valence-corrected chi connectivity index (χ1v) is 6.53. The number of amides is 1. The molecular formula is C15H14N4O2. The van der Waals surface area contributed by atoms with Gasteiger partial charge in [-0.25, -0.2) is 4.98 Å². The minimum Gasteiger partial charge on any atom is -0.382 e. The zero-order valence-electron chi connectivity index (χ0n) is 11.2. The Morgan fingerprint density at radius 1 is 1.24 bits per heavy atom. The fourth-order valence-corrected chi connectivity index (χ4v) is 2.03. The van der Waals surface area contributed by atoms with Crippen LogP contribution in [0.3, 0.4) is 0 Å². The summed E-state index contributed by atoms with van der Waals surface area (Å²) in [5.74, 6) is 0.280. The molecular weight excluding hydrogens is 268 g/mol. The van der Waals surface area contributed by atoms with E-state index < -0.39 is 12.0 Å². The number of nitrogens with one attached hydrogen (secondary N) is 1. The number of nitrogens with two attached hydrogens (primary N) is 1. The highest BCUT2D eigenvalue weighted by Crippen LogP contribution is 2.19. The first kappa shape index (κ1) is 13.1. The number of pyridine rings is 1. The predicted molar refractivity (Wildman–Crippen MR) is 79.2 cm³/mol. The lowest BCUT2D eigenvalue weighted by Crippen LogP contribution is -2.28. The van der Waals surface area contributed by atoms with Gasteiger partial charge in [-0.2, -0.15) is 0 Å². The van der Waals surface area contributed by atoms with E-state index in [0.29, 0.717) is 6.42 Å². The Kier molecular flexibility index (Phi) is 3.51. The largest absolute Gasteiger partial charge is 0.382 e. The minimum atomic E-state index is -0.661. The lowest BCUT2D eigenvalue weighted by Gasteiger charge is -2.06. The topological polar surface area (TPSA) is 89.6 Å². The lowest BCUT2D eigenvalue weighted by molar-refractivity contribution is -0.127. The third kappa shape index (κ3) is 3.00. The molecule has 1 atom stereocenters. The number of nitrogens with zero attached hydrogens (tertiary/aromatic N) is 2. The van der Waals surface area contributed by atoms with Crippen LogP contribution in [0.1, 0.15) is 12.0 Å². The molecule has 6 nitrogen and oxygen atoms in total. The van der Waals surface area contributed by atoms with Crippen molar-refractivity contribution in [1.82, 2.24) is 4.98 Å². The smallest absolute Gasteiger partial charge is 0.261 e. The van der Waals surface area contributed by atoms with Gasteiger partial charge in [0.05, 0.1) is 5.71 Å². The fraction of sp³-hybridized carbons (Fsp3) is 0.133. The molecule has 1 amide bonds. The highest BCUT2D eigenvalue weighted by molar-refractivity contribution is 6.04. The van der Waals surface area contributed by atoms with Crippen LogP contribution in [0.4, 0.5) is 11.5 Å². The van der Waals surface area contributed by atoms with Crippen molar-refractivity contribution in [3.8, 4) is 0 Å². The number of primary amides is 1. The highest BCUT2D eigenvalue weighted by atomic mass is 16.6. The lowest BCUT2D eigenvalue weighted by atomic mass is 10.0. The number of carbonyl (C=O) groups is 1. The molecule has 1 aliphatic rings. The normalized spacial score (nSPS) is 17.0.